The first-order chi connectivity index (χ1) is 9.17. The molecule has 0 aliphatic carbocycles. The molecule has 0 saturated heterocycles. The summed E-state index contributed by atoms with van der Waals surface area (Å²) in [4.78, 5) is 4.49. The molecule has 19 heavy (non-hydrogen) atoms. The normalized spacial score (nSPS) is 12.6. The smallest absolute Gasteiger partial charge is 0.0989 e. The molecule has 5 heteroatoms. The maximum absolute atomic E-state index is 9.01. The third-order valence-electron chi connectivity index (χ3n) is 2.72. The SMILES string of the molecule is COCCNCc1cnc(SCC(C)CO)c(C)c1. The highest BCUT2D eigenvalue weighted by molar-refractivity contribution is 7.99. The fourth-order valence-electron chi connectivity index (χ4n) is 1.55. The van der Waals surface area contributed by atoms with Crippen molar-refractivity contribution >= 4 is 11.8 Å². The minimum Gasteiger partial charge on any atom is -0.396 e. The number of ether oxygens (including phenoxy) is 1. The Kier molecular flexibility index (Phi) is 8.05. The van der Waals surface area contributed by atoms with Crippen LogP contribution in [0.25, 0.3) is 0 Å². The van der Waals surface area contributed by atoms with Crippen molar-refractivity contribution in [3.63, 3.8) is 0 Å². The van der Waals surface area contributed by atoms with Crippen LogP contribution in [0, 0.1) is 12.8 Å². The van der Waals surface area contributed by atoms with E-state index in [-0.39, 0.29) is 6.61 Å². The fraction of sp³-hybridized carbons (Fsp3) is 0.643. The number of aliphatic hydroxyl groups is 1. The number of rotatable bonds is 9. The Balaban J connectivity index is 2.45. The van der Waals surface area contributed by atoms with Crippen molar-refractivity contribution in [2.75, 3.05) is 32.6 Å². The van der Waals surface area contributed by atoms with Gasteiger partial charge in [0.2, 0.25) is 0 Å². The fourth-order valence-corrected chi connectivity index (χ4v) is 2.51. The van der Waals surface area contributed by atoms with Crippen LogP contribution < -0.4 is 5.32 Å². The van der Waals surface area contributed by atoms with Crippen molar-refractivity contribution in [2.45, 2.75) is 25.4 Å². The highest BCUT2D eigenvalue weighted by atomic mass is 32.2. The monoisotopic (exact) mass is 284 g/mol. The van der Waals surface area contributed by atoms with Crippen LogP contribution >= 0.6 is 11.8 Å². The molecule has 0 fully saturated rings. The van der Waals surface area contributed by atoms with E-state index >= 15 is 0 Å². The molecule has 0 aliphatic heterocycles. The number of methoxy groups -OCH3 is 1. The molecule has 4 nitrogen and oxygen atoms in total. The van der Waals surface area contributed by atoms with Crippen molar-refractivity contribution in [3.05, 3.63) is 23.4 Å². The zero-order chi connectivity index (χ0) is 14.1. The zero-order valence-electron chi connectivity index (χ0n) is 12.0. The van der Waals surface area contributed by atoms with Crippen LogP contribution in [0.2, 0.25) is 0 Å². The van der Waals surface area contributed by atoms with Crippen LogP contribution in [0.15, 0.2) is 17.3 Å². The van der Waals surface area contributed by atoms with E-state index in [0.717, 1.165) is 30.5 Å². The van der Waals surface area contributed by atoms with Crippen LogP contribution in [-0.2, 0) is 11.3 Å². The summed E-state index contributed by atoms with van der Waals surface area (Å²) in [6, 6.07) is 2.17. The van der Waals surface area contributed by atoms with Crippen LogP contribution in [0.3, 0.4) is 0 Å². The van der Waals surface area contributed by atoms with Crippen molar-refractivity contribution in [1.29, 1.82) is 0 Å². The minimum absolute atomic E-state index is 0.230. The Morgan fingerprint density at radius 3 is 2.95 bits per heavy atom. The Hall–Kier alpha value is -0.620. The number of hydrogen-bond acceptors (Lipinski definition) is 5. The first-order valence-electron chi connectivity index (χ1n) is 6.56. The van der Waals surface area contributed by atoms with E-state index in [4.69, 9.17) is 9.84 Å². The number of nitrogens with zero attached hydrogens (tertiary/aromatic N) is 1. The third kappa shape index (κ3) is 6.38. The van der Waals surface area contributed by atoms with Gasteiger partial charge in [-0.2, -0.15) is 0 Å². The van der Waals surface area contributed by atoms with Gasteiger partial charge in [-0.05, 0) is 24.0 Å². The van der Waals surface area contributed by atoms with Gasteiger partial charge in [0, 0.05) is 38.8 Å². The van der Waals surface area contributed by atoms with Gasteiger partial charge in [0.05, 0.1) is 11.6 Å². The molecule has 0 spiro atoms. The Labute approximate surface area is 120 Å². The van der Waals surface area contributed by atoms with Crippen LogP contribution in [0.5, 0.6) is 0 Å². The highest BCUT2D eigenvalue weighted by Crippen LogP contribution is 2.22. The van der Waals surface area contributed by atoms with E-state index in [1.165, 1.54) is 11.1 Å². The third-order valence-corrected chi connectivity index (χ3v) is 4.15. The summed E-state index contributed by atoms with van der Waals surface area (Å²) in [6.45, 7) is 6.73. The summed E-state index contributed by atoms with van der Waals surface area (Å²) >= 11 is 1.71. The summed E-state index contributed by atoms with van der Waals surface area (Å²) < 4.78 is 4.99. The number of aromatic nitrogens is 1. The van der Waals surface area contributed by atoms with Gasteiger partial charge in [0.1, 0.15) is 0 Å². The van der Waals surface area contributed by atoms with Gasteiger partial charge < -0.3 is 15.2 Å². The molecular formula is C14H24N2O2S. The maximum Gasteiger partial charge on any atom is 0.0989 e. The highest BCUT2D eigenvalue weighted by Gasteiger charge is 2.06. The molecule has 1 heterocycles. The predicted octanol–water partition coefficient (Wildman–Crippen LogP) is 1.85. The van der Waals surface area contributed by atoms with Gasteiger partial charge in [-0.3, -0.25) is 0 Å². The molecule has 0 saturated carbocycles. The molecule has 1 aromatic rings. The van der Waals surface area contributed by atoms with E-state index in [1.807, 2.05) is 13.1 Å². The molecule has 0 aromatic carbocycles. The maximum atomic E-state index is 9.01. The second kappa shape index (κ2) is 9.31. The zero-order valence-corrected chi connectivity index (χ0v) is 12.8. The first-order valence-corrected chi connectivity index (χ1v) is 7.54. The molecule has 0 bridgehead atoms. The van der Waals surface area contributed by atoms with Gasteiger partial charge >= 0.3 is 0 Å². The largest absolute Gasteiger partial charge is 0.396 e. The summed E-state index contributed by atoms with van der Waals surface area (Å²) in [7, 11) is 1.70. The number of hydrogen-bond donors (Lipinski definition) is 2. The number of aliphatic hydroxyl groups excluding tert-OH is 1. The van der Waals surface area contributed by atoms with Gasteiger partial charge in [0.15, 0.2) is 0 Å². The quantitative estimate of drug-likeness (QED) is 0.535. The average Bonchev–Trinajstić information content (AvgIpc) is 2.42. The predicted molar refractivity (Wildman–Crippen MR) is 79.5 cm³/mol. The molecular weight excluding hydrogens is 260 g/mol. The van der Waals surface area contributed by atoms with Crippen LogP contribution in [0.4, 0.5) is 0 Å². The number of pyridine rings is 1. The topological polar surface area (TPSA) is 54.4 Å². The molecule has 1 rings (SSSR count). The molecule has 1 unspecified atom stereocenters. The summed E-state index contributed by atoms with van der Waals surface area (Å²) in [5.74, 6) is 1.21. The standard InChI is InChI=1S/C14H24N2O2S/c1-11(9-17)10-19-14-12(2)6-13(8-16-14)7-15-4-5-18-3/h6,8,11,15,17H,4-5,7,9-10H2,1-3H3. The van der Waals surface area contributed by atoms with Gasteiger partial charge in [-0.25, -0.2) is 4.98 Å². The van der Waals surface area contributed by atoms with E-state index in [1.54, 1.807) is 18.9 Å². The second-order valence-electron chi connectivity index (χ2n) is 4.73. The molecule has 2 N–H and O–H groups in total. The summed E-state index contributed by atoms with van der Waals surface area (Å²) in [5.41, 5.74) is 2.38. The molecule has 1 atom stereocenters. The van der Waals surface area contributed by atoms with E-state index in [0.29, 0.717) is 5.92 Å². The lowest BCUT2D eigenvalue weighted by atomic mass is 10.2. The Morgan fingerprint density at radius 2 is 2.32 bits per heavy atom. The van der Waals surface area contributed by atoms with Crippen molar-refractivity contribution in [3.8, 4) is 0 Å². The summed E-state index contributed by atoms with van der Waals surface area (Å²) in [6.07, 6.45) is 1.92. The molecule has 0 amide bonds. The van der Waals surface area contributed by atoms with Crippen molar-refractivity contribution in [1.82, 2.24) is 10.3 Å². The lowest BCUT2D eigenvalue weighted by Gasteiger charge is -2.10. The second-order valence-corrected chi connectivity index (χ2v) is 5.74. The Bertz CT molecular complexity index is 374. The van der Waals surface area contributed by atoms with E-state index in [9.17, 15) is 0 Å². The number of aryl methyl sites for hydroxylation is 1. The average molecular weight is 284 g/mol. The van der Waals surface area contributed by atoms with Crippen molar-refractivity contribution < 1.29 is 9.84 Å². The van der Waals surface area contributed by atoms with E-state index in [2.05, 4.69) is 23.3 Å². The first kappa shape index (κ1) is 16.4. The van der Waals surface area contributed by atoms with Gasteiger partial charge in [-0.15, -0.1) is 11.8 Å². The van der Waals surface area contributed by atoms with Crippen molar-refractivity contribution in [2.24, 2.45) is 5.92 Å². The molecule has 108 valence electrons. The number of thioether (sulfide) groups is 1. The van der Waals surface area contributed by atoms with Crippen LogP contribution in [-0.4, -0.2) is 42.7 Å². The minimum atomic E-state index is 0.230. The summed E-state index contributed by atoms with van der Waals surface area (Å²) in [5, 5.41) is 13.4. The van der Waals surface area contributed by atoms with Gasteiger partial charge in [0.25, 0.3) is 0 Å². The van der Waals surface area contributed by atoms with Crippen LogP contribution in [0.1, 0.15) is 18.1 Å². The lowest BCUT2D eigenvalue weighted by Crippen LogP contribution is -2.18. The Morgan fingerprint density at radius 1 is 1.53 bits per heavy atom. The van der Waals surface area contributed by atoms with E-state index < -0.39 is 0 Å². The lowest BCUT2D eigenvalue weighted by molar-refractivity contribution is 0.199. The van der Waals surface area contributed by atoms with Gasteiger partial charge in [-0.1, -0.05) is 13.0 Å². The number of nitrogens with one attached hydrogen (secondary N) is 1. The molecule has 0 radical (unpaired) electrons. The molecule has 1 aromatic heterocycles. The molecule has 0 aliphatic rings.